The lowest BCUT2D eigenvalue weighted by Crippen LogP contribution is -2.01. The maximum Gasteiger partial charge on any atom is 0.134 e. The second-order valence-corrected chi connectivity index (χ2v) is 4.55. The predicted octanol–water partition coefficient (Wildman–Crippen LogP) is 3.15. The lowest BCUT2D eigenvalue weighted by atomic mass is 10.2. The molecule has 0 spiro atoms. The van der Waals surface area contributed by atoms with Gasteiger partial charge in [-0.1, -0.05) is 0 Å². The van der Waals surface area contributed by atoms with Crippen LogP contribution in [0, 0.1) is 11.7 Å². The summed E-state index contributed by atoms with van der Waals surface area (Å²) in [5, 5.41) is 0. The summed E-state index contributed by atoms with van der Waals surface area (Å²) in [7, 11) is 0. The van der Waals surface area contributed by atoms with Crippen LogP contribution in [-0.2, 0) is 0 Å². The van der Waals surface area contributed by atoms with Gasteiger partial charge < -0.3 is 10.2 Å². The summed E-state index contributed by atoms with van der Waals surface area (Å²) < 4.78 is 18.6. The van der Waals surface area contributed by atoms with Crippen molar-refractivity contribution in [2.45, 2.75) is 12.3 Å². The van der Waals surface area contributed by atoms with Gasteiger partial charge in [0.05, 0.1) is 0 Å². The van der Waals surface area contributed by atoms with E-state index in [1.54, 1.807) is 12.1 Å². The van der Waals surface area contributed by atoms with Crippen LogP contribution in [0.3, 0.4) is 0 Å². The molecule has 2 nitrogen and oxygen atoms in total. The molecular formula is C14H14FNO. The zero-order valence-electron chi connectivity index (χ0n) is 9.40. The van der Waals surface area contributed by atoms with Crippen molar-refractivity contribution in [2.75, 3.05) is 6.54 Å². The van der Waals surface area contributed by atoms with Crippen LogP contribution < -0.4 is 5.73 Å². The molecule has 1 aliphatic carbocycles. The number of hydrogen-bond acceptors (Lipinski definition) is 2. The smallest absolute Gasteiger partial charge is 0.134 e. The predicted molar refractivity (Wildman–Crippen MR) is 64.0 cm³/mol. The van der Waals surface area contributed by atoms with Crippen molar-refractivity contribution in [1.82, 2.24) is 0 Å². The van der Waals surface area contributed by atoms with E-state index in [9.17, 15) is 4.39 Å². The van der Waals surface area contributed by atoms with Gasteiger partial charge in [-0.05, 0) is 55.3 Å². The Labute approximate surface area is 99.2 Å². The van der Waals surface area contributed by atoms with Gasteiger partial charge in [0, 0.05) is 11.5 Å². The third-order valence-electron chi connectivity index (χ3n) is 3.35. The van der Waals surface area contributed by atoms with Crippen LogP contribution >= 0.6 is 0 Å². The Hall–Kier alpha value is -1.61. The molecule has 1 aromatic heterocycles. The zero-order valence-corrected chi connectivity index (χ0v) is 9.40. The van der Waals surface area contributed by atoms with E-state index in [-0.39, 0.29) is 5.82 Å². The van der Waals surface area contributed by atoms with E-state index >= 15 is 0 Å². The summed E-state index contributed by atoms with van der Waals surface area (Å²) in [6.45, 7) is 0.719. The molecule has 0 aliphatic heterocycles. The first kappa shape index (κ1) is 10.5. The van der Waals surface area contributed by atoms with Crippen molar-refractivity contribution in [2.24, 2.45) is 11.7 Å². The molecule has 2 aromatic rings. The first-order valence-corrected chi connectivity index (χ1v) is 5.83. The van der Waals surface area contributed by atoms with Crippen molar-refractivity contribution >= 4 is 0 Å². The number of rotatable bonds is 3. The maximum atomic E-state index is 12.8. The number of nitrogens with two attached hydrogens (primary N) is 1. The Balaban J connectivity index is 1.83. The fourth-order valence-corrected chi connectivity index (χ4v) is 2.18. The molecule has 0 saturated heterocycles. The SMILES string of the molecule is NC[C@@H]1C[C@H]1c1ccc(-c2ccc(F)cc2)o1. The number of halogens is 1. The van der Waals surface area contributed by atoms with Crippen LogP contribution in [0.2, 0.25) is 0 Å². The Morgan fingerprint density at radius 2 is 1.94 bits per heavy atom. The van der Waals surface area contributed by atoms with Gasteiger partial charge in [-0.15, -0.1) is 0 Å². The molecule has 3 rings (SSSR count). The third-order valence-corrected chi connectivity index (χ3v) is 3.35. The van der Waals surface area contributed by atoms with Gasteiger partial charge >= 0.3 is 0 Å². The van der Waals surface area contributed by atoms with Gasteiger partial charge in [-0.2, -0.15) is 0 Å². The molecule has 88 valence electrons. The lowest BCUT2D eigenvalue weighted by molar-refractivity contribution is 0.516. The van der Waals surface area contributed by atoms with E-state index in [2.05, 4.69) is 0 Å². The molecule has 0 bridgehead atoms. The molecule has 2 N–H and O–H groups in total. The highest BCUT2D eigenvalue weighted by Gasteiger charge is 2.39. The van der Waals surface area contributed by atoms with Crippen molar-refractivity contribution in [3.8, 4) is 11.3 Å². The molecule has 17 heavy (non-hydrogen) atoms. The molecule has 0 radical (unpaired) electrons. The Bertz CT molecular complexity index is 517. The normalized spacial score (nSPS) is 22.7. The minimum absolute atomic E-state index is 0.231. The second kappa shape index (κ2) is 4.00. The highest BCUT2D eigenvalue weighted by molar-refractivity contribution is 5.57. The average molecular weight is 231 g/mol. The topological polar surface area (TPSA) is 39.2 Å². The van der Waals surface area contributed by atoms with E-state index in [0.29, 0.717) is 11.8 Å². The Morgan fingerprint density at radius 3 is 2.59 bits per heavy atom. The summed E-state index contributed by atoms with van der Waals surface area (Å²) in [5.41, 5.74) is 6.52. The summed E-state index contributed by atoms with van der Waals surface area (Å²) in [5.74, 6) is 2.62. The fraction of sp³-hybridized carbons (Fsp3) is 0.286. The molecule has 1 saturated carbocycles. The minimum atomic E-state index is -0.231. The van der Waals surface area contributed by atoms with Crippen LogP contribution in [0.4, 0.5) is 4.39 Å². The van der Waals surface area contributed by atoms with Crippen LogP contribution in [-0.4, -0.2) is 6.54 Å². The van der Waals surface area contributed by atoms with E-state index in [1.165, 1.54) is 12.1 Å². The largest absolute Gasteiger partial charge is 0.461 e. The van der Waals surface area contributed by atoms with Gasteiger partial charge in [0.15, 0.2) is 0 Å². The molecule has 3 heteroatoms. The molecule has 1 aromatic carbocycles. The highest BCUT2D eigenvalue weighted by Crippen LogP contribution is 2.47. The first-order valence-electron chi connectivity index (χ1n) is 5.83. The van der Waals surface area contributed by atoms with Crippen molar-refractivity contribution in [3.05, 3.63) is 48.0 Å². The van der Waals surface area contributed by atoms with Gasteiger partial charge in [-0.3, -0.25) is 0 Å². The van der Waals surface area contributed by atoms with Crippen LogP contribution in [0.5, 0.6) is 0 Å². The minimum Gasteiger partial charge on any atom is -0.461 e. The summed E-state index contributed by atoms with van der Waals surface area (Å²) in [6.07, 6.45) is 1.12. The number of hydrogen-bond donors (Lipinski definition) is 1. The van der Waals surface area contributed by atoms with Gasteiger partial charge in [-0.25, -0.2) is 4.39 Å². The Kier molecular flexibility index (Phi) is 2.48. The van der Waals surface area contributed by atoms with E-state index in [4.69, 9.17) is 10.2 Å². The second-order valence-electron chi connectivity index (χ2n) is 4.55. The molecule has 2 atom stereocenters. The van der Waals surface area contributed by atoms with Crippen LogP contribution in [0.25, 0.3) is 11.3 Å². The van der Waals surface area contributed by atoms with E-state index in [1.807, 2.05) is 12.1 Å². The van der Waals surface area contributed by atoms with Crippen molar-refractivity contribution in [3.63, 3.8) is 0 Å². The van der Waals surface area contributed by atoms with Gasteiger partial charge in [0.25, 0.3) is 0 Å². The monoisotopic (exact) mass is 231 g/mol. The lowest BCUT2D eigenvalue weighted by Gasteiger charge is -1.97. The molecule has 1 aliphatic rings. The van der Waals surface area contributed by atoms with E-state index < -0.39 is 0 Å². The summed E-state index contributed by atoms with van der Waals surface area (Å²) in [6, 6.07) is 10.3. The summed E-state index contributed by atoms with van der Waals surface area (Å²) >= 11 is 0. The molecule has 1 fully saturated rings. The zero-order chi connectivity index (χ0) is 11.8. The van der Waals surface area contributed by atoms with Crippen LogP contribution in [0.1, 0.15) is 18.1 Å². The molecule has 0 amide bonds. The standard InChI is InChI=1S/C14H14FNO/c15-11-3-1-9(2-4-11)13-5-6-14(17-13)12-7-10(12)8-16/h1-6,10,12H,7-8,16H2/t10-,12+/m0/s1. The van der Waals surface area contributed by atoms with E-state index in [0.717, 1.165) is 30.0 Å². The highest BCUT2D eigenvalue weighted by atomic mass is 19.1. The van der Waals surface area contributed by atoms with Gasteiger partial charge in [0.1, 0.15) is 17.3 Å². The third kappa shape index (κ3) is 1.98. The molecular weight excluding hydrogens is 217 g/mol. The fourth-order valence-electron chi connectivity index (χ4n) is 2.18. The van der Waals surface area contributed by atoms with Gasteiger partial charge in [0.2, 0.25) is 0 Å². The Morgan fingerprint density at radius 1 is 1.18 bits per heavy atom. The molecule has 1 heterocycles. The number of benzene rings is 1. The van der Waals surface area contributed by atoms with Crippen LogP contribution in [0.15, 0.2) is 40.8 Å². The van der Waals surface area contributed by atoms with Crippen molar-refractivity contribution < 1.29 is 8.81 Å². The van der Waals surface area contributed by atoms with Crippen molar-refractivity contribution in [1.29, 1.82) is 0 Å². The summed E-state index contributed by atoms with van der Waals surface area (Å²) in [4.78, 5) is 0. The molecule has 0 unspecified atom stereocenters. The quantitative estimate of drug-likeness (QED) is 0.881. The first-order chi connectivity index (χ1) is 8.28. The maximum absolute atomic E-state index is 12.8. The average Bonchev–Trinajstić information content (AvgIpc) is 2.99. The number of furan rings is 1.